The summed E-state index contributed by atoms with van der Waals surface area (Å²) in [7, 11) is 2.15. The molecule has 1 amide bonds. The number of benzene rings is 1. The highest BCUT2D eigenvalue weighted by molar-refractivity contribution is 5.94. The van der Waals surface area contributed by atoms with Crippen LogP contribution in [0.2, 0.25) is 0 Å². The maximum Gasteiger partial charge on any atom is 0.256 e. The van der Waals surface area contributed by atoms with E-state index in [9.17, 15) is 9.18 Å². The number of halogens is 1. The first-order valence-electron chi connectivity index (χ1n) is 7.82. The zero-order chi connectivity index (χ0) is 14.9. The molecular weight excluding hydrogens is 267 g/mol. The largest absolute Gasteiger partial charge is 0.338 e. The SMILES string of the molecule is CN1CCC2(CCCN(C(=O)c3ccccc3F)C2)CC1. The van der Waals surface area contributed by atoms with Crippen LogP contribution in [0.25, 0.3) is 0 Å². The predicted molar refractivity (Wildman–Crippen MR) is 80.7 cm³/mol. The number of carbonyl (C=O) groups excluding carboxylic acids is 1. The molecule has 0 bridgehead atoms. The Morgan fingerprint density at radius 2 is 1.86 bits per heavy atom. The van der Waals surface area contributed by atoms with E-state index in [0.717, 1.165) is 45.4 Å². The molecular formula is C17H23FN2O. The molecule has 4 heteroatoms. The maximum absolute atomic E-state index is 13.8. The van der Waals surface area contributed by atoms with E-state index in [1.165, 1.54) is 12.5 Å². The summed E-state index contributed by atoms with van der Waals surface area (Å²) >= 11 is 0. The highest BCUT2D eigenvalue weighted by Crippen LogP contribution is 2.39. The third kappa shape index (κ3) is 2.95. The fraction of sp³-hybridized carbons (Fsp3) is 0.588. The second kappa shape index (κ2) is 5.76. The summed E-state index contributed by atoms with van der Waals surface area (Å²) < 4.78 is 13.8. The quantitative estimate of drug-likeness (QED) is 0.794. The van der Waals surface area contributed by atoms with Crippen LogP contribution in [0, 0.1) is 11.2 Å². The highest BCUT2D eigenvalue weighted by Gasteiger charge is 2.39. The van der Waals surface area contributed by atoms with E-state index in [1.54, 1.807) is 18.2 Å². The fourth-order valence-corrected chi connectivity index (χ4v) is 3.69. The third-order valence-electron chi connectivity index (χ3n) is 5.10. The number of hydrogen-bond donors (Lipinski definition) is 0. The van der Waals surface area contributed by atoms with Crippen molar-refractivity contribution in [1.82, 2.24) is 9.80 Å². The van der Waals surface area contributed by atoms with E-state index < -0.39 is 5.82 Å². The second-order valence-electron chi connectivity index (χ2n) is 6.61. The number of piperidine rings is 2. The standard InChI is InChI=1S/C17H23FN2O/c1-19-11-8-17(9-12-19)7-4-10-20(13-17)16(21)14-5-2-3-6-15(14)18/h2-3,5-6H,4,7-13H2,1H3. The maximum atomic E-state index is 13.8. The first-order valence-corrected chi connectivity index (χ1v) is 7.82. The molecule has 0 N–H and O–H groups in total. The lowest BCUT2D eigenvalue weighted by Gasteiger charge is -2.47. The molecule has 1 aromatic carbocycles. The Bertz CT molecular complexity index is 523. The van der Waals surface area contributed by atoms with Crippen LogP contribution < -0.4 is 0 Å². The van der Waals surface area contributed by atoms with Crippen LogP contribution in [0.4, 0.5) is 4.39 Å². The van der Waals surface area contributed by atoms with Crippen molar-refractivity contribution in [2.75, 3.05) is 33.2 Å². The van der Waals surface area contributed by atoms with Crippen molar-refractivity contribution in [2.45, 2.75) is 25.7 Å². The minimum absolute atomic E-state index is 0.147. The zero-order valence-corrected chi connectivity index (χ0v) is 12.6. The topological polar surface area (TPSA) is 23.6 Å². The zero-order valence-electron chi connectivity index (χ0n) is 12.6. The molecule has 0 radical (unpaired) electrons. The first-order chi connectivity index (χ1) is 10.1. The predicted octanol–water partition coefficient (Wildman–Crippen LogP) is 2.77. The van der Waals surface area contributed by atoms with Gasteiger partial charge in [0, 0.05) is 13.1 Å². The molecule has 3 nitrogen and oxygen atoms in total. The fourth-order valence-electron chi connectivity index (χ4n) is 3.69. The van der Waals surface area contributed by atoms with Gasteiger partial charge < -0.3 is 9.80 Å². The van der Waals surface area contributed by atoms with Gasteiger partial charge in [-0.3, -0.25) is 4.79 Å². The normalized spacial score (nSPS) is 22.5. The summed E-state index contributed by atoms with van der Waals surface area (Å²) in [6.07, 6.45) is 4.51. The summed E-state index contributed by atoms with van der Waals surface area (Å²) in [5.41, 5.74) is 0.466. The van der Waals surface area contributed by atoms with Crippen molar-refractivity contribution < 1.29 is 9.18 Å². The van der Waals surface area contributed by atoms with E-state index in [1.807, 2.05) is 4.90 Å². The van der Waals surface area contributed by atoms with Gasteiger partial charge in [-0.25, -0.2) is 4.39 Å². The Kier molecular flexibility index (Phi) is 3.98. The van der Waals surface area contributed by atoms with Gasteiger partial charge in [-0.15, -0.1) is 0 Å². The number of nitrogens with zero attached hydrogens (tertiary/aromatic N) is 2. The minimum Gasteiger partial charge on any atom is -0.338 e. The van der Waals surface area contributed by atoms with Crippen LogP contribution in [0.3, 0.4) is 0 Å². The van der Waals surface area contributed by atoms with Gasteiger partial charge in [-0.05, 0) is 63.4 Å². The number of rotatable bonds is 1. The van der Waals surface area contributed by atoms with Gasteiger partial charge in [0.1, 0.15) is 5.82 Å². The lowest BCUT2D eigenvalue weighted by atomic mass is 9.72. The average Bonchev–Trinajstić information content (AvgIpc) is 2.51. The lowest BCUT2D eigenvalue weighted by Crippen LogP contribution is -2.50. The van der Waals surface area contributed by atoms with Crippen molar-refractivity contribution in [3.63, 3.8) is 0 Å². The minimum atomic E-state index is -0.412. The van der Waals surface area contributed by atoms with Crippen LogP contribution in [0.1, 0.15) is 36.0 Å². The van der Waals surface area contributed by atoms with Crippen LogP contribution in [-0.2, 0) is 0 Å². The number of carbonyl (C=O) groups is 1. The lowest BCUT2D eigenvalue weighted by molar-refractivity contribution is 0.0258. The van der Waals surface area contributed by atoms with Crippen LogP contribution in [0.5, 0.6) is 0 Å². The Balaban J connectivity index is 1.74. The molecule has 2 fully saturated rings. The molecule has 0 aliphatic carbocycles. The Morgan fingerprint density at radius 3 is 2.57 bits per heavy atom. The van der Waals surface area contributed by atoms with Crippen molar-refractivity contribution in [3.05, 3.63) is 35.6 Å². The van der Waals surface area contributed by atoms with Crippen LogP contribution in [-0.4, -0.2) is 48.9 Å². The van der Waals surface area contributed by atoms with Gasteiger partial charge in [0.2, 0.25) is 0 Å². The molecule has 2 heterocycles. The molecule has 1 spiro atoms. The average molecular weight is 290 g/mol. The molecule has 21 heavy (non-hydrogen) atoms. The molecule has 0 unspecified atom stereocenters. The highest BCUT2D eigenvalue weighted by atomic mass is 19.1. The van der Waals surface area contributed by atoms with E-state index in [-0.39, 0.29) is 16.9 Å². The number of likely N-dealkylation sites (tertiary alicyclic amines) is 2. The number of hydrogen-bond acceptors (Lipinski definition) is 2. The summed E-state index contributed by atoms with van der Waals surface area (Å²) in [5.74, 6) is -0.559. The van der Waals surface area contributed by atoms with Crippen molar-refractivity contribution in [2.24, 2.45) is 5.41 Å². The molecule has 114 valence electrons. The Hall–Kier alpha value is -1.42. The van der Waals surface area contributed by atoms with Gasteiger partial charge in [0.15, 0.2) is 0 Å². The van der Waals surface area contributed by atoms with Crippen molar-refractivity contribution in [1.29, 1.82) is 0 Å². The van der Waals surface area contributed by atoms with Crippen molar-refractivity contribution in [3.8, 4) is 0 Å². The van der Waals surface area contributed by atoms with E-state index in [4.69, 9.17) is 0 Å². The molecule has 0 saturated carbocycles. The summed E-state index contributed by atoms with van der Waals surface area (Å²) in [5, 5.41) is 0. The van der Waals surface area contributed by atoms with Gasteiger partial charge in [-0.1, -0.05) is 12.1 Å². The van der Waals surface area contributed by atoms with Gasteiger partial charge >= 0.3 is 0 Å². The smallest absolute Gasteiger partial charge is 0.256 e. The monoisotopic (exact) mass is 290 g/mol. The molecule has 0 aromatic heterocycles. The van der Waals surface area contributed by atoms with Gasteiger partial charge in [0.25, 0.3) is 5.91 Å². The van der Waals surface area contributed by atoms with Gasteiger partial charge in [0.05, 0.1) is 5.56 Å². The van der Waals surface area contributed by atoms with Crippen LogP contribution >= 0.6 is 0 Å². The Morgan fingerprint density at radius 1 is 1.14 bits per heavy atom. The summed E-state index contributed by atoms with van der Waals surface area (Å²) in [4.78, 5) is 16.8. The van der Waals surface area contributed by atoms with E-state index in [2.05, 4.69) is 11.9 Å². The summed E-state index contributed by atoms with van der Waals surface area (Å²) in [6, 6.07) is 6.31. The third-order valence-corrected chi connectivity index (χ3v) is 5.10. The second-order valence-corrected chi connectivity index (χ2v) is 6.61. The molecule has 2 aliphatic heterocycles. The molecule has 0 atom stereocenters. The first kappa shape index (κ1) is 14.5. The van der Waals surface area contributed by atoms with Crippen LogP contribution in [0.15, 0.2) is 24.3 Å². The van der Waals surface area contributed by atoms with E-state index >= 15 is 0 Å². The van der Waals surface area contributed by atoms with Gasteiger partial charge in [-0.2, -0.15) is 0 Å². The van der Waals surface area contributed by atoms with E-state index in [0.29, 0.717) is 0 Å². The molecule has 2 saturated heterocycles. The molecule has 3 rings (SSSR count). The summed E-state index contributed by atoms with van der Waals surface area (Å²) in [6.45, 7) is 3.74. The van der Waals surface area contributed by atoms with Crippen molar-refractivity contribution >= 4 is 5.91 Å². The molecule has 2 aliphatic rings. The number of amides is 1. The molecule has 1 aromatic rings. The Labute approximate surface area is 125 Å².